The Morgan fingerprint density at radius 3 is 2.91 bits per heavy atom. The van der Waals surface area contributed by atoms with Crippen molar-refractivity contribution in [3.8, 4) is 0 Å². The molecule has 0 aliphatic carbocycles. The lowest BCUT2D eigenvalue weighted by molar-refractivity contribution is 0.0706. The topological polar surface area (TPSA) is 66.8 Å². The summed E-state index contributed by atoms with van der Waals surface area (Å²) in [7, 11) is 0. The second kappa shape index (κ2) is 5.22. The molecule has 6 heteroatoms. The van der Waals surface area contributed by atoms with Gasteiger partial charge in [0.15, 0.2) is 5.82 Å². The van der Waals surface area contributed by atoms with E-state index in [1.165, 1.54) is 0 Å². The van der Waals surface area contributed by atoms with E-state index in [0.717, 1.165) is 29.1 Å². The van der Waals surface area contributed by atoms with Crippen LogP contribution in [-0.2, 0) is 13.1 Å². The highest BCUT2D eigenvalue weighted by atomic mass is 16.2. The Labute approximate surface area is 134 Å². The lowest BCUT2D eigenvalue weighted by Gasteiger charge is -2.28. The van der Waals surface area contributed by atoms with Crippen LogP contribution >= 0.6 is 0 Å². The number of H-pyrrole nitrogens is 1. The van der Waals surface area contributed by atoms with Crippen LogP contribution in [0.2, 0.25) is 0 Å². The number of nitrogens with one attached hydrogen (secondary N) is 1. The lowest BCUT2D eigenvalue weighted by atomic mass is 10.1. The number of carbonyl (C=O) groups excluding carboxylic acids is 1. The monoisotopic (exact) mass is 309 g/mol. The van der Waals surface area contributed by atoms with Crippen LogP contribution in [0.1, 0.15) is 41.8 Å². The van der Waals surface area contributed by atoms with Crippen LogP contribution < -0.4 is 0 Å². The van der Waals surface area contributed by atoms with Crippen LogP contribution in [0.3, 0.4) is 0 Å². The summed E-state index contributed by atoms with van der Waals surface area (Å²) in [6.07, 6.45) is 1.88. The fourth-order valence-corrected chi connectivity index (χ4v) is 3.14. The van der Waals surface area contributed by atoms with Gasteiger partial charge in [-0.1, -0.05) is 19.9 Å². The summed E-state index contributed by atoms with van der Waals surface area (Å²) in [6, 6.07) is 7.77. The van der Waals surface area contributed by atoms with E-state index in [9.17, 15) is 4.79 Å². The molecule has 4 rings (SSSR count). The van der Waals surface area contributed by atoms with E-state index in [0.29, 0.717) is 24.6 Å². The first kappa shape index (κ1) is 14.0. The minimum atomic E-state index is 0.0434. The first-order valence-electron chi connectivity index (χ1n) is 7.92. The molecule has 0 saturated heterocycles. The summed E-state index contributed by atoms with van der Waals surface area (Å²) in [5.74, 6) is 2.25. The largest absolute Gasteiger partial charge is 0.361 e. The van der Waals surface area contributed by atoms with Crippen molar-refractivity contribution in [2.24, 2.45) is 0 Å². The first-order chi connectivity index (χ1) is 11.1. The molecule has 0 spiro atoms. The maximum Gasteiger partial charge on any atom is 0.254 e. The quantitative estimate of drug-likeness (QED) is 0.791. The number of aromatic amines is 1. The van der Waals surface area contributed by atoms with Crippen molar-refractivity contribution in [3.05, 3.63) is 47.7 Å². The van der Waals surface area contributed by atoms with Crippen molar-refractivity contribution in [1.82, 2.24) is 24.6 Å². The summed E-state index contributed by atoms with van der Waals surface area (Å²) in [5, 5.41) is 9.64. The van der Waals surface area contributed by atoms with E-state index in [4.69, 9.17) is 0 Å². The maximum atomic E-state index is 12.8. The van der Waals surface area contributed by atoms with E-state index in [1.54, 1.807) is 0 Å². The maximum absolute atomic E-state index is 12.8. The fraction of sp³-hybridized carbons (Fsp3) is 0.353. The van der Waals surface area contributed by atoms with Gasteiger partial charge in [0.1, 0.15) is 5.82 Å². The molecular weight excluding hydrogens is 290 g/mol. The molecule has 23 heavy (non-hydrogen) atoms. The van der Waals surface area contributed by atoms with Gasteiger partial charge in [0.2, 0.25) is 0 Å². The van der Waals surface area contributed by atoms with Gasteiger partial charge >= 0.3 is 0 Å². The van der Waals surface area contributed by atoms with Gasteiger partial charge in [0, 0.05) is 36.3 Å². The molecule has 0 fully saturated rings. The second-order valence-electron chi connectivity index (χ2n) is 6.29. The highest BCUT2D eigenvalue weighted by Crippen LogP contribution is 2.21. The zero-order valence-electron chi connectivity index (χ0n) is 13.3. The van der Waals surface area contributed by atoms with Crippen LogP contribution in [0, 0.1) is 0 Å². The molecule has 0 radical (unpaired) electrons. The average Bonchev–Trinajstić information content (AvgIpc) is 3.19. The zero-order chi connectivity index (χ0) is 16.0. The fourth-order valence-electron chi connectivity index (χ4n) is 3.14. The van der Waals surface area contributed by atoms with Gasteiger partial charge in [-0.2, -0.15) is 0 Å². The molecular formula is C17H19N5O. The Balaban J connectivity index is 1.59. The molecule has 2 aromatic heterocycles. The van der Waals surface area contributed by atoms with Crippen molar-refractivity contribution in [3.63, 3.8) is 0 Å². The molecule has 0 bridgehead atoms. The molecule has 0 saturated carbocycles. The molecule has 1 amide bonds. The van der Waals surface area contributed by atoms with Crippen molar-refractivity contribution >= 4 is 16.8 Å². The molecule has 3 aromatic rings. The Morgan fingerprint density at radius 1 is 1.22 bits per heavy atom. The van der Waals surface area contributed by atoms with Gasteiger partial charge in [-0.15, -0.1) is 10.2 Å². The number of aromatic nitrogens is 4. The summed E-state index contributed by atoms with van der Waals surface area (Å²) in [5.41, 5.74) is 1.69. The Bertz CT molecular complexity index is 876. The molecule has 118 valence electrons. The number of hydrogen-bond acceptors (Lipinski definition) is 3. The normalized spacial score (nSPS) is 14.5. The lowest BCUT2D eigenvalue weighted by Crippen LogP contribution is -2.38. The van der Waals surface area contributed by atoms with E-state index in [2.05, 4.69) is 33.6 Å². The highest BCUT2D eigenvalue weighted by molar-refractivity contribution is 5.97. The summed E-state index contributed by atoms with van der Waals surface area (Å²) in [4.78, 5) is 17.8. The average molecular weight is 309 g/mol. The second-order valence-corrected chi connectivity index (χ2v) is 6.29. The molecule has 1 aromatic carbocycles. The number of rotatable bonds is 2. The number of amides is 1. The molecule has 1 aliphatic rings. The SMILES string of the molecule is CC(C)c1nnc2n1CCN(C(=O)c1ccc3cc[nH]c3c1)C2. The molecule has 0 unspecified atom stereocenters. The molecule has 3 heterocycles. The summed E-state index contributed by atoms with van der Waals surface area (Å²) < 4.78 is 2.14. The standard InChI is InChI=1S/C17H19N5O/c1-11(2)16-20-19-15-10-21(7-8-22(15)16)17(23)13-4-3-12-5-6-18-14(12)9-13/h3-6,9,11,18H,7-8,10H2,1-2H3. The predicted octanol–water partition coefficient (Wildman–Crippen LogP) is 2.54. The third-order valence-corrected chi connectivity index (χ3v) is 4.39. The van der Waals surface area contributed by atoms with Crippen LogP contribution in [-0.4, -0.2) is 37.1 Å². The van der Waals surface area contributed by atoms with Crippen molar-refractivity contribution < 1.29 is 4.79 Å². The first-order valence-corrected chi connectivity index (χ1v) is 7.92. The van der Waals surface area contributed by atoms with Crippen molar-refractivity contribution in [2.75, 3.05) is 6.54 Å². The Morgan fingerprint density at radius 2 is 2.09 bits per heavy atom. The highest BCUT2D eigenvalue weighted by Gasteiger charge is 2.26. The number of nitrogens with zero attached hydrogens (tertiary/aromatic N) is 4. The van der Waals surface area contributed by atoms with Gasteiger partial charge in [0.05, 0.1) is 6.54 Å². The molecule has 1 aliphatic heterocycles. The molecule has 0 atom stereocenters. The van der Waals surface area contributed by atoms with Crippen LogP contribution in [0.4, 0.5) is 0 Å². The Hall–Kier alpha value is -2.63. The van der Waals surface area contributed by atoms with Gasteiger partial charge in [-0.05, 0) is 23.6 Å². The van der Waals surface area contributed by atoms with Gasteiger partial charge in [0.25, 0.3) is 5.91 Å². The number of hydrogen-bond donors (Lipinski definition) is 1. The van der Waals surface area contributed by atoms with Gasteiger partial charge in [-0.25, -0.2) is 0 Å². The minimum absolute atomic E-state index is 0.0434. The zero-order valence-corrected chi connectivity index (χ0v) is 13.3. The van der Waals surface area contributed by atoms with Crippen LogP contribution in [0.15, 0.2) is 30.5 Å². The number of carbonyl (C=O) groups is 1. The van der Waals surface area contributed by atoms with E-state index in [-0.39, 0.29) is 5.91 Å². The summed E-state index contributed by atoms with van der Waals surface area (Å²) in [6.45, 7) is 6.18. The predicted molar refractivity (Wildman–Crippen MR) is 87.2 cm³/mol. The van der Waals surface area contributed by atoms with Crippen LogP contribution in [0.25, 0.3) is 10.9 Å². The molecule has 6 nitrogen and oxygen atoms in total. The van der Waals surface area contributed by atoms with E-state index >= 15 is 0 Å². The third-order valence-electron chi connectivity index (χ3n) is 4.39. The minimum Gasteiger partial charge on any atom is -0.361 e. The smallest absolute Gasteiger partial charge is 0.254 e. The molecule has 1 N–H and O–H groups in total. The van der Waals surface area contributed by atoms with Crippen molar-refractivity contribution in [1.29, 1.82) is 0 Å². The van der Waals surface area contributed by atoms with E-state index < -0.39 is 0 Å². The number of benzene rings is 1. The third kappa shape index (κ3) is 2.30. The summed E-state index contributed by atoms with van der Waals surface area (Å²) >= 11 is 0. The number of fused-ring (bicyclic) bond motifs is 2. The van der Waals surface area contributed by atoms with Gasteiger partial charge < -0.3 is 14.5 Å². The van der Waals surface area contributed by atoms with Crippen molar-refractivity contribution in [2.45, 2.75) is 32.9 Å². The van der Waals surface area contributed by atoms with Gasteiger partial charge in [-0.3, -0.25) is 4.79 Å². The van der Waals surface area contributed by atoms with E-state index in [1.807, 2.05) is 35.4 Å². The van der Waals surface area contributed by atoms with Crippen LogP contribution in [0.5, 0.6) is 0 Å². The Kier molecular flexibility index (Phi) is 3.18.